The second-order valence-electron chi connectivity index (χ2n) is 8.53. The fraction of sp³-hybridized carbons (Fsp3) is 0.435. The van der Waals surface area contributed by atoms with Gasteiger partial charge in [0.2, 0.25) is 17.8 Å². The number of carbonyl (C=O) groups excluding carboxylic acids is 2. The van der Waals surface area contributed by atoms with Crippen molar-refractivity contribution >= 4 is 23.9 Å². The topological polar surface area (TPSA) is 151 Å². The van der Waals surface area contributed by atoms with Crippen molar-refractivity contribution in [1.29, 1.82) is 0 Å². The first-order valence-corrected chi connectivity index (χ1v) is 11.1. The zero-order chi connectivity index (χ0) is 23.4. The van der Waals surface area contributed by atoms with Crippen LogP contribution in [0.4, 0.5) is 10.7 Å². The summed E-state index contributed by atoms with van der Waals surface area (Å²) in [7, 11) is 0. The first-order valence-electron chi connectivity index (χ1n) is 11.1. The molecule has 1 aromatic heterocycles. The molecule has 1 aromatic carbocycles. The Bertz CT molecular complexity index is 1030. The number of hydrogen-bond donors (Lipinski definition) is 4. The quantitative estimate of drug-likeness (QED) is 0.508. The number of nitrogens with zero attached hydrogens (tertiary/aromatic N) is 3. The van der Waals surface area contributed by atoms with E-state index in [2.05, 4.69) is 20.6 Å². The number of aryl methyl sites for hydroxylation is 1. The smallest absolute Gasteiger partial charge is 0.405 e. The summed E-state index contributed by atoms with van der Waals surface area (Å²) < 4.78 is 0. The Balaban J connectivity index is 1.42. The number of benzene rings is 1. The van der Waals surface area contributed by atoms with Gasteiger partial charge in [-0.1, -0.05) is 30.3 Å². The first kappa shape index (κ1) is 22.5. The van der Waals surface area contributed by atoms with E-state index in [1.807, 2.05) is 30.3 Å². The van der Waals surface area contributed by atoms with E-state index in [0.717, 1.165) is 23.2 Å². The summed E-state index contributed by atoms with van der Waals surface area (Å²) >= 11 is 0. The first-order chi connectivity index (χ1) is 15.9. The number of nitrogen functional groups attached to an aromatic ring is 1. The third kappa shape index (κ3) is 5.39. The van der Waals surface area contributed by atoms with Crippen LogP contribution in [0.2, 0.25) is 0 Å². The molecule has 1 fully saturated rings. The predicted molar refractivity (Wildman–Crippen MR) is 120 cm³/mol. The molecule has 3 amide bonds. The van der Waals surface area contributed by atoms with Crippen molar-refractivity contribution in [2.75, 3.05) is 12.3 Å². The molecule has 5 N–H and O–H groups in total. The van der Waals surface area contributed by atoms with Crippen LogP contribution in [0.1, 0.15) is 36.1 Å². The number of hydrogen-bond acceptors (Lipinski definition) is 6. The van der Waals surface area contributed by atoms with E-state index in [4.69, 9.17) is 5.73 Å². The predicted octanol–water partition coefficient (Wildman–Crippen LogP) is 0.902. The largest absolute Gasteiger partial charge is 0.465 e. The average Bonchev–Trinajstić information content (AvgIpc) is 3.29. The summed E-state index contributed by atoms with van der Waals surface area (Å²) in [6.45, 7) is 0.421. The number of fused-ring (bicyclic) bond motifs is 1. The standard InChI is InChI=1S/C23H28N6O4/c24-22-25-13-15-12-16(8-9-17(15)27-22)26-20(30)19-7-4-10-29(19)21(31)18(28-23(32)33)11-14-5-2-1-3-6-14/h1-3,5-6,13,16,18-19,28H,4,7-12H2,(H,26,30)(H,32,33)(H2,24,25,27)/t16?,18-,19+/m1/s1. The Labute approximate surface area is 191 Å². The number of nitrogens with one attached hydrogen (secondary N) is 2. The maximum absolute atomic E-state index is 13.3. The van der Waals surface area contributed by atoms with E-state index in [1.54, 1.807) is 6.20 Å². The minimum atomic E-state index is -1.27. The third-order valence-corrected chi connectivity index (χ3v) is 6.23. The maximum Gasteiger partial charge on any atom is 0.405 e. The van der Waals surface area contributed by atoms with Crippen molar-refractivity contribution in [1.82, 2.24) is 25.5 Å². The van der Waals surface area contributed by atoms with Crippen molar-refractivity contribution in [3.05, 3.63) is 53.3 Å². The van der Waals surface area contributed by atoms with Crippen LogP contribution in [-0.2, 0) is 28.9 Å². The molecule has 0 saturated carbocycles. The summed E-state index contributed by atoms with van der Waals surface area (Å²) in [5.41, 5.74) is 8.37. The Hall–Kier alpha value is -3.69. The molecule has 10 nitrogen and oxygen atoms in total. The highest BCUT2D eigenvalue weighted by atomic mass is 16.4. The van der Waals surface area contributed by atoms with Crippen molar-refractivity contribution in [2.24, 2.45) is 0 Å². The molecule has 174 valence electrons. The molecule has 0 bridgehead atoms. The Morgan fingerprint density at radius 1 is 1.21 bits per heavy atom. The lowest BCUT2D eigenvalue weighted by atomic mass is 9.92. The Morgan fingerprint density at radius 3 is 2.76 bits per heavy atom. The molecule has 0 radical (unpaired) electrons. The molecule has 10 heteroatoms. The fourth-order valence-electron chi connectivity index (χ4n) is 4.65. The minimum absolute atomic E-state index is 0.0768. The van der Waals surface area contributed by atoms with Gasteiger partial charge in [0.05, 0.1) is 0 Å². The van der Waals surface area contributed by atoms with E-state index in [0.29, 0.717) is 32.2 Å². The van der Waals surface area contributed by atoms with Gasteiger partial charge in [-0.15, -0.1) is 0 Å². The van der Waals surface area contributed by atoms with Gasteiger partial charge >= 0.3 is 6.09 Å². The monoisotopic (exact) mass is 452 g/mol. The zero-order valence-corrected chi connectivity index (χ0v) is 18.2. The Morgan fingerprint density at radius 2 is 2.00 bits per heavy atom. The molecular weight excluding hydrogens is 424 g/mol. The molecular formula is C23H28N6O4. The van der Waals surface area contributed by atoms with Crippen molar-refractivity contribution in [3.8, 4) is 0 Å². The van der Waals surface area contributed by atoms with Crippen LogP contribution in [-0.4, -0.2) is 62.6 Å². The molecule has 33 heavy (non-hydrogen) atoms. The number of nitrogens with two attached hydrogens (primary N) is 1. The highest BCUT2D eigenvalue weighted by Crippen LogP contribution is 2.23. The lowest BCUT2D eigenvalue weighted by molar-refractivity contribution is -0.140. The van der Waals surface area contributed by atoms with Crippen molar-refractivity contribution in [2.45, 2.75) is 56.7 Å². The lowest BCUT2D eigenvalue weighted by Crippen LogP contribution is -2.55. The SMILES string of the molecule is Nc1ncc2c(n1)CCC(NC(=O)[C@@H]1CCCN1C(=O)[C@@H](Cc1ccccc1)NC(=O)O)C2. The van der Waals surface area contributed by atoms with Gasteiger partial charge in [-0.05, 0) is 43.2 Å². The van der Waals surface area contributed by atoms with Crippen LogP contribution >= 0.6 is 0 Å². The van der Waals surface area contributed by atoms with Crippen LogP contribution in [0, 0.1) is 0 Å². The van der Waals surface area contributed by atoms with Gasteiger partial charge in [0.15, 0.2) is 0 Å². The average molecular weight is 453 g/mol. The molecule has 0 spiro atoms. The number of anilines is 1. The van der Waals surface area contributed by atoms with Crippen LogP contribution in [0.3, 0.4) is 0 Å². The van der Waals surface area contributed by atoms with Gasteiger partial charge in [-0.25, -0.2) is 14.8 Å². The normalized spacial score (nSPS) is 20.5. The molecule has 2 aromatic rings. The summed E-state index contributed by atoms with van der Waals surface area (Å²) in [4.78, 5) is 47.5. The van der Waals surface area contributed by atoms with Crippen molar-refractivity contribution in [3.63, 3.8) is 0 Å². The fourth-order valence-corrected chi connectivity index (χ4v) is 4.65. The van der Waals surface area contributed by atoms with Gasteiger partial charge in [-0.3, -0.25) is 9.59 Å². The number of amides is 3. The molecule has 3 atom stereocenters. The van der Waals surface area contributed by atoms with Crippen LogP contribution < -0.4 is 16.4 Å². The Kier molecular flexibility index (Phi) is 6.71. The van der Waals surface area contributed by atoms with Crippen molar-refractivity contribution < 1.29 is 19.5 Å². The minimum Gasteiger partial charge on any atom is -0.465 e. The van der Waals surface area contributed by atoms with E-state index < -0.39 is 18.2 Å². The van der Waals surface area contributed by atoms with Gasteiger partial charge in [0.25, 0.3) is 0 Å². The van der Waals surface area contributed by atoms with Crippen LogP contribution in [0.25, 0.3) is 0 Å². The highest BCUT2D eigenvalue weighted by molar-refractivity contribution is 5.92. The maximum atomic E-state index is 13.3. The summed E-state index contributed by atoms with van der Waals surface area (Å²) in [6, 6.07) is 7.57. The number of carboxylic acid groups (broad SMARTS) is 1. The van der Waals surface area contributed by atoms with E-state index in [9.17, 15) is 19.5 Å². The molecule has 2 aliphatic rings. The third-order valence-electron chi connectivity index (χ3n) is 6.23. The summed E-state index contributed by atoms with van der Waals surface area (Å²) in [6.07, 6.45) is 3.93. The van der Waals surface area contributed by atoms with E-state index in [1.165, 1.54) is 4.90 Å². The molecule has 4 rings (SSSR count). The highest BCUT2D eigenvalue weighted by Gasteiger charge is 2.38. The molecule has 1 aliphatic carbocycles. The van der Waals surface area contributed by atoms with Gasteiger partial charge in [-0.2, -0.15) is 0 Å². The summed E-state index contributed by atoms with van der Waals surface area (Å²) in [5.74, 6) is -0.340. The van der Waals surface area contributed by atoms with E-state index >= 15 is 0 Å². The van der Waals surface area contributed by atoms with Crippen LogP contribution in [0.15, 0.2) is 36.5 Å². The van der Waals surface area contributed by atoms with Gasteiger partial charge < -0.3 is 26.4 Å². The molecule has 2 heterocycles. The molecule has 1 aliphatic heterocycles. The zero-order valence-electron chi connectivity index (χ0n) is 18.2. The number of likely N-dealkylation sites (tertiary alicyclic amines) is 1. The number of rotatable bonds is 6. The van der Waals surface area contributed by atoms with Gasteiger partial charge in [0, 0.05) is 30.9 Å². The lowest BCUT2D eigenvalue weighted by Gasteiger charge is -2.30. The van der Waals surface area contributed by atoms with E-state index in [-0.39, 0.29) is 30.2 Å². The van der Waals surface area contributed by atoms with Gasteiger partial charge in [0.1, 0.15) is 12.1 Å². The second-order valence-corrected chi connectivity index (χ2v) is 8.53. The number of carbonyl (C=O) groups is 3. The summed E-state index contributed by atoms with van der Waals surface area (Å²) in [5, 5.41) is 14.7. The molecule has 1 unspecified atom stereocenters. The number of aromatic nitrogens is 2. The second kappa shape index (κ2) is 9.85. The van der Waals surface area contributed by atoms with Crippen LogP contribution in [0.5, 0.6) is 0 Å². The molecule has 1 saturated heterocycles.